The van der Waals surface area contributed by atoms with Gasteiger partial charge < -0.3 is 14.0 Å². The highest BCUT2D eigenvalue weighted by Gasteiger charge is 2.13. The monoisotopic (exact) mass is 418 g/mol. The third-order valence-corrected chi connectivity index (χ3v) is 5.25. The Bertz CT molecular complexity index is 1070. The Labute approximate surface area is 171 Å². The van der Waals surface area contributed by atoms with Gasteiger partial charge in [-0.3, -0.25) is 9.59 Å². The molecule has 0 saturated heterocycles. The molecule has 0 unspecified atom stereocenters. The van der Waals surface area contributed by atoms with Gasteiger partial charge in [0.1, 0.15) is 12.3 Å². The molecule has 0 spiro atoms. The minimum atomic E-state index is -0.388. The van der Waals surface area contributed by atoms with Gasteiger partial charge >= 0.3 is 5.97 Å². The van der Waals surface area contributed by atoms with E-state index in [2.05, 4.69) is 4.99 Å². The molecule has 6 nitrogen and oxygen atoms in total. The summed E-state index contributed by atoms with van der Waals surface area (Å²) in [6.07, 6.45) is 0.151. The molecule has 2 aromatic carbocycles. The first kappa shape index (κ1) is 20.1. The lowest BCUT2D eigenvalue weighted by Gasteiger charge is -2.05. The predicted octanol–water partition coefficient (Wildman–Crippen LogP) is 3.60. The van der Waals surface area contributed by atoms with Crippen LogP contribution < -0.4 is 9.54 Å². The Morgan fingerprint density at radius 1 is 1.18 bits per heavy atom. The fraction of sp³-hybridized carbons (Fsp3) is 0.250. The molecule has 0 atom stereocenters. The summed E-state index contributed by atoms with van der Waals surface area (Å²) in [6, 6.07) is 12.6. The highest BCUT2D eigenvalue weighted by molar-refractivity contribution is 7.16. The number of hydrogen-bond donors (Lipinski definition) is 0. The SMILES string of the molecule is CCOC(=O)Cn1c(=NC(=O)Cc2ccc(OC)cc2)sc2cc(Cl)ccc21. The number of amides is 1. The lowest BCUT2D eigenvalue weighted by molar-refractivity contribution is -0.143. The normalized spacial score (nSPS) is 11.6. The second-order valence-corrected chi connectivity index (χ2v) is 7.36. The van der Waals surface area contributed by atoms with Crippen molar-refractivity contribution in [3.05, 3.63) is 57.9 Å². The number of thiazole rings is 1. The minimum absolute atomic E-state index is 0.0237. The van der Waals surface area contributed by atoms with Crippen LogP contribution in [0.1, 0.15) is 12.5 Å². The molecule has 1 aromatic heterocycles. The number of hydrogen-bond acceptors (Lipinski definition) is 5. The molecule has 0 radical (unpaired) electrons. The molecule has 0 aliphatic heterocycles. The van der Waals surface area contributed by atoms with E-state index >= 15 is 0 Å². The standard InChI is InChI=1S/C20H19ClN2O4S/c1-3-27-19(25)12-23-16-9-6-14(21)11-17(16)28-20(23)22-18(24)10-13-4-7-15(26-2)8-5-13/h4-9,11H,3,10,12H2,1-2H3. The van der Waals surface area contributed by atoms with Gasteiger partial charge in [0.05, 0.1) is 30.4 Å². The van der Waals surface area contributed by atoms with E-state index in [9.17, 15) is 9.59 Å². The lowest BCUT2D eigenvalue weighted by atomic mass is 10.1. The third kappa shape index (κ3) is 4.79. The number of rotatable bonds is 6. The van der Waals surface area contributed by atoms with E-state index in [4.69, 9.17) is 21.1 Å². The van der Waals surface area contributed by atoms with Crippen molar-refractivity contribution < 1.29 is 19.1 Å². The first-order valence-electron chi connectivity index (χ1n) is 8.65. The van der Waals surface area contributed by atoms with Crippen LogP contribution in [0, 0.1) is 0 Å². The largest absolute Gasteiger partial charge is 0.497 e. The van der Waals surface area contributed by atoms with Gasteiger partial charge in [0.25, 0.3) is 5.91 Å². The van der Waals surface area contributed by atoms with Crippen LogP contribution in [0.2, 0.25) is 5.02 Å². The van der Waals surface area contributed by atoms with Crippen LogP contribution in [0.3, 0.4) is 0 Å². The zero-order valence-electron chi connectivity index (χ0n) is 15.5. The first-order chi connectivity index (χ1) is 13.5. The number of aromatic nitrogens is 1. The fourth-order valence-corrected chi connectivity index (χ4v) is 4.01. The molecule has 1 amide bonds. The zero-order valence-corrected chi connectivity index (χ0v) is 17.0. The summed E-state index contributed by atoms with van der Waals surface area (Å²) in [7, 11) is 1.59. The Hall–Kier alpha value is -2.64. The van der Waals surface area contributed by atoms with Gasteiger partial charge in [-0.15, -0.1) is 0 Å². The Morgan fingerprint density at radius 2 is 1.93 bits per heavy atom. The number of carbonyl (C=O) groups excluding carboxylic acids is 2. The van der Waals surface area contributed by atoms with E-state index in [-0.39, 0.29) is 31.4 Å². The molecule has 0 saturated carbocycles. The second-order valence-electron chi connectivity index (χ2n) is 5.92. The molecule has 0 N–H and O–H groups in total. The lowest BCUT2D eigenvalue weighted by Crippen LogP contribution is -2.23. The summed E-state index contributed by atoms with van der Waals surface area (Å²) in [6.45, 7) is 2.01. The number of fused-ring (bicyclic) bond motifs is 1. The smallest absolute Gasteiger partial charge is 0.326 e. The van der Waals surface area contributed by atoms with Crippen molar-refractivity contribution in [1.82, 2.24) is 4.57 Å². The maximum absolute atomic E-state index is 12.5. The van der Waals surface area contributed by atoms with Crippen LogP contribution in [0.25, 0.3) is 10.2 Å². The van der Waals surface area contributed by atoms with Crippen LogP contribution in [0.4, 0.5) is 0 Å². The average Bonchev–Trinajstić information content (AvgIpc) is 2.98. The minimum Gasteiger partial charge on any atom is -0.497 e. The van der Waals surface area contributed by atoms with Crippen molar-refractivity contribution in [2.24, 2.45) is 4.99 Å². The summed E-state index contributed by atoms with van der Waals surface area (Å²) in [4.78, 5) is 29.2. The van der Waals surface area contributed by atoms with E-state index < -0.39 is 0 Å². The van der Waals surface area contributed by atoms with Crippen molar-refractivity contribution in [3.8, 4) is 5.75 Å². The van der Waals surface area contributed by atoms with Gasteiger partial charge in [0.15, 0.2) is 4.80 Å². The number of ether oxygens (including phenoxy) is 2. The van der Waals surface area contributed by atoms with Gasteiger partial charge in [0.2, 0.25) is 0 Å². The van der Waals surface area contributed by atoms with E-state index in [0.29, 0.717) is 9.82 Å². The maximum Gasteiger partial charge on any atom is 0.326 e. The molecular weight excluding hydrogens is 400 g/mol. The Morgan fingerprint density at radius 3 is 2.61 bits per heavy atom. The molecule has 0 bridgehead atoms. The van der Waals surface area contributed by atoms with Crippen molar-refractivity contribution in [2.75, 3.05) is 13.7 Å². The molecule has 1 heterocycles. The molecule has 0 fully saturated rings. The van der Waals surface area contributed by atoms with Crippen LogP contribution >= 0.6 is 22.9 Å². The Kier molecular flexibility index (Phi) is 6.49. The van der Waals surface area contributed by atoms with Crippen molar-refractivity contribution >= 4 is 45.0 Å². The molecule has 3 rings (SSSR count). The molecule has 8 heteroatoms. The van der Waals surface area contributed by atoms with Crippen molar-refractivity contribution in [3.63, 3.8) is 0 Å². The van der Waals surface area contributed by atoms with E-state index in [1.807, 2.05) is 12.1 Å². The molecule has 3 aromatic rings. The topological polar surface area (TPSA) is 69.9 Å². The van der Waals surface area contributed by atoms with E-state index in [0.717, 1.165) is 21.5 Å². The van der Waals surface area contributed by atoms with Gasteiger partial charge in [-0.2, -0.15) is 4.99 Å². The second kappa shape index (κ2) is 9.03. The van der Waals surface area contributed by atoms with Crippen molar-refractivity contribution in [2.45, 2.75) is 19.9 Å². The van der Waals surface area contributed by atoms with Crippen molar-refractivity contribution in [1.29, 1.82) is 0 Å². The van der Waals surface area contributed by atoms with Gasteiger partial charge in [-0.05, 0) is 42.8 Å². The van der Waals surface area contributed by atoms with Crippen LogP contribution in [0.15, 0.2) is 47.5 Å². The molecule has 146 valence electrons. The highest BCUT2D eigenvalue weighted by atomic mass is 35.5. The van der Waals surface area contributed by atoms with Gasteiger partial charge in [0, 0.05) is 5.02 Å². The average molecular weight is 419 g/mol. The molecule has 28 heavy (non-hydrogen) atoms. The van der Waals surface area contributed by atoms with Crippen LogP contribution in [-0.4, -0.2) is 30.2 Å². The number of esters is 1. The fourth-order valence-electron chi connectivity index (χ4n) is 2.69. The molecular formula is C20H19ClN2O4S. The van der Waals surface area contributed by atoms with Crippen LogP contribution in [-0.2, 0) is 27.3 Å². The first-order valence-corrected chi connectivity index (χ1v) is 9.84. The predicted molar refractivity (Wildman–Crippen MR) is 109 cm³/mol. The summed E-state index contributed by atoms with van der Waals surface area (Å²) >= 11 is 7.38. The van der Waals surface area contributed by atoms with Crippen LogP contribution in [0.5, 0.6) is 5.75 Å². The summed E-state index contributed by atoms with van der Waals surface area (Å²) in [5, 5.41) is 0.577. The summed E-state index contributed by atoms with van der Waals surface area (Å²) in [5.41, 5.74) is 1.61. The Balaban J connectivity index is 1.94. The quantitative estimate of drug-likeness (QED) is 0.573. The van der Waals surface area contributed by atoms with E-state index in [1.165, 1.54) is 11.3 Å². The van der Waals surface area contributed by atoms with Gasteiger partial charge in [-0.1, -0.05) is 35.1 Å². The number of benzene rings is 2. The number of halogens is 1. The summed E-state index contributed by atoms with van der Waals surface area (Å²) in [5.74, 6) is 0.0310. The molecule has 0 aliphatic rings. The van der Waals surface area contributed by atoms with E-state index in [1.54, 1.807) is 48.9 Å². The number of nitrogens with zero attached hydrogens (tertiary/aromatic N) is 2. The molecule has 0 aliphatic carbocycles. The maximum atomic E-state index is 12.5. The number of carbonyl (C=O) groups is 2. The summed E-state index contributed by atoms with van der Waals surface area (Å²) < 4.78 is 12.7. The number of methoxy groups -OCH3 is 1. The zero-order chi connectivity index (χ0) is 20.1. The highest BCUT2D eigenvalue weighted by Crippen LogP contribution is 2.22. The third-order valence-electron chi connectivity index (χ3n) is 3.97. The van der Waals surface area contributed by atoms with Gasteiger partial charge in [-0.25, -0.2) is 0 Å².